The number of aromatic nitrogens is 4. The minimum absolute atomic E-state index is 0.198. The van der Waals surface area contributed by atoms with E-state index in [2.05, 4.69) is 36.1 Å². The average Bonchev–Trinajstić information content (AvgIpc) is 2.97. The number of piperazine rings is 1. The molecule has 3 aromatic carbocycles. The second-order valence-corrected chi connectivity index (χ2v) is 9.13. The summed E-state index contributed by atoms with van der Waals surface area (Å²) in [6.45, 7) is 3.36. The molecule has 9 nitrogen and oxygen atoms in total. The van der Waals surface area contributed by atoms with Crippen LogP contribution in [0.5, 0.6) is 0 Å². The van der Waals surface area contributed by atoms with Crippen molar-refractivity contribution in [3.8, 4) is 11.1 Å². The first-order chi connectivity index (χ1) is 18.6. The van der Waals surface area contributed by atoms with Gasteiger partial charge in [-0.1, -0.05) is 24.3 Å². The van der Waals surface area contributed by atoms with Gasteiger partial charge in [0.15, 0.2) is 0 Å². The van der Waals surface area contributed by atoms with E-state index in [0.29, 0.717) is 16.9 Å². The standard InChI is InChI=1S/C29H26N8O/c30-23-3-1-2-22(16-23)29(38)34-24-7-4-20(5-8-24)21-6-9-25-26(17-21)35-28(19-33-25)37-14-12-36(13-15-37)27-18-31-10-11-32-27/h1-11,16-19H,12-15,30H2,(H,34,38). The van der Waals surface area contributed by atoms with Gasteiger partial charge >= 0.3 is 0 Å². The Labute approximate surface area is 220 Å². The Kier molecular flexibility index (Phi) is 6.23. The van der Waals surface area contributed by atoms with Gasteiger partial charge in [-0.3, -0.25) is 14.8 Å². The number of nitrogen functional groups attached to an aromatic ring is 1. The van der Waals surface area contributed by atoms with Gasteiger partial charge in [0, 0.05) is 55.5 Å². The summed E-state index contributed by atoms with van der Waals surface area (Å²) in [6.07, 6.45) is 7.05. The molecule has 188 valence electrons. The number of nitrogens with two attached hydrogens (primary N) is 1. The SMILES string of the molecule is Nc1cccc(C(=O)Nc2ccc(-c3ccc4ncc(N5CCN(c6cnccn6)CC5)nc4c3)cc2)c1. The fourth-order valence-electron chi connectivity index (χ4n) is 4.58. The third kappa shape index (κ3) is 4.94. The van der Waals surface area contributed by atoms with Crippen LogP contribution in [0.25, 0.3) is 22.2 Å². The van der Waals surface area contributed by atoms with E-state index in [1.807, 2.05) is 42.6 Å². The van der Waals surface area contributed by atoms with Crippen molar-refractivity contribution in [2.24, 2.45) is 0 Å². The number of hydrogen-bond acceptors (Lipinski definition) is 8. The zero-order valence-corrected chi connectivity index (χ0v) is 20.7. The van der Waals surface area contributed by atoms with Gasteiger partial charge in [0.1, 0.15) is 11.6 Å². The minimum atomic E-state index is -0.198. The van der Waals surface area contributed by atoms with E-state index >= 15 is 0 Å². The number of carbonyl (C=O) groups excluding carboxylic acids is 1. The lowest BCUT2D eigenvalue weighted by atomic mass is 10.0. The molecule has 5 aromatic rings. The van der Waals surface area contributed by atoms with Crippen LogP contribution in [0, 0.1) is 0 Å². The molecule has 0 aliphatic carbocycles. The summed E-state index contributed by atoms with van der Waals surface area (Å²) in [5.41, 5.74) is 11.3. The van der Waals surface area contributed by atoms with Gasteiger partial charge in [0.25, 0.3) is 5.91 Å². The number of nitrogens with zero attached hydrogens (tertiary/aromatic N) is 6. The van der Waals surface area contributed by atoms with Crippen molar-refractivity contribution in [3.63, 3.8) is 0 Å². The van der Waals surface area contributed by atoms with Crippen LogP contribution in [0.1, 0.15) is 10.4 Å². The second kappa shape index (κ2) is 10.1. The summed E-state index contributed by atoms with van der Waals surface area (Å²) in [7, 11) is 0. The van der Waals surface area contributed by atoms with Gasteiger partial charge in [-0.05, 0) is 53.6 Å². The molecular formula is C29H26N8O. The summed E-state index contributed by atoms with van der Waals surface area (Å²) in [5.74, 6) is 1.57. The molecule has 1 amide bonds. The van der Waals surface area contributed by atoms with Gasteiger partial charge in [-0.25, -0.2) is 9.97 Å². The van der Waals surface area contributed by atoms with Crippen LogP contribution in [0.4, 0.5) is 23.0 Å². The van der Waals surface area contributed by atoms with Crippen LogP contribution in [0.15, 0.2) is 91.5 Å². The highest BCUT2D eigenvalue weighted by atomic mass is 16.1. The van der Waals surface area contributed by atoms with Crippen LogP contribution >= 0.6 is 0 Å². The van der Waals surface area contributed by atoms with E-state index in [0.717, 1.165) is 60.0 Å². The number of hydrogen-bond donors (Lipinski definition) is 2. The molecule has 0 unspecified atom stereocenters. The van der Waals surface area contributed by atoms with E-state index in [1.165, 1.54) is 0 Å². The minimum Gasteiger partial charge on any atom is -0.399 e. The molecule has 0 saturated carbocycles. The number of benzene rings is 3. The van der Waals surface area contributed by atoms with Gasteiger partial charge in [0.05, 0.1) is 23.4 Å². The first kappa shape index (κ1) is 23.4. The molecule has 1 fully saturated rings. The summed E-state index contributed by atoms with van der Waals surface area (Å²) in [6, 6.07) is 20.8. The van der Waals surface area contributed by atoms with Gasteiger partial charge in [0.2, 0.25) is 0 Å². The molecule has 9 heteroatoms. The molecular weight excluding hydrogens is 476 g/mol. The largest absolute Gasteiger partial charge is 0.399 e. The van der Waals surface area contributed by atoms with E-state index in [1.54, 1.807) is 42.9 Å². The lowest BCUT2D eigenvalue weighted by Gasteiger charge is -2.35. The number of rotatable bonds is 5. The summed E-state index contributed by atoms with van der Waals surface area (Å²) in [5, 5.41) is 2.92. The van der Waals surface area contributed by atoms with Crippen LogP contribution < -0.4 is 20.9 Å². The van der Waals surface area contributed by atoms with Crippen molar-refractivity contribution in [3.05, 3.63) is 97.1 Å². The number of fused-ring (bicyclic) bond motifs is 1. The van der Waals surface area contributed by atoms with Crippen molar-refractivity contribution in [1.82, 2.24) is 19.9 Å². The number of nitrogens with one attached hydrogen (secondary N) is 1. The van der Waals surface area contributed by atoms with Crippen molar-refractivity contribution in [2.45, 2.75) is 0 Å². The molecule has 0 spiro atoms. The Balaban J connectivity index is 1.16. The zero-order chi connectivity index (χ0) is 25.9. The lowest BCUT2D eigenvalue weighted by Crippen LogP contribution is -2.47. The molecule has 3 heterocycles. The Bertz CT molecular complexity index is 1580. The Morgan fingerprint density at radius 3 is 2.26 bits per heavy atom. The smallest absolute Gasteiger partial charge is 0.255 e. The maximum atomic E-state index is 12.5. The molecule has 1 aliphatic heterocycles. The molecule has 1 aliphatic rings. The second-order valence-electron chi connectivity index (χ2n) is 9.13. The van der Waals surface area contributed by atoms with E-state index in [-0.39, 0.29) is 5.91 Å². The number of anilines is 4. The van der Waals surface area contributed by atoms with Crippen molar-refractivity contribution >= 4 is 40.0 Å². The Morgan fingerprint density at radius 2 is 1.53 bits per heavy atom. The van der Waals surface area contributed by atoms with Crippen molar-refractivity contribution in [2.75, 3.05) is 47.0 Å². The van der Waals surface area contributed by atoms with Crippen molar-refractivity contribution < 1.29 is 4.79 Å². The normalized spacial score (nSPS) is 13.5. The average molecular weight is 503 g/mol. The topological polar surface area (TPSA) is 113 Å². The van der Waals surface area contributed by atoms with Crippen LogP contribution in [-0.4, -0.2) is 52.0 Å². The fourth-order valence-corrected chi connectivity index (χ4v) is 4.58. The molecule has 3 N–H and O–H groups in total. The highest BCUT2D eigenvalue weighted by Crippen LogP contribution is 2.26. The summed E-state index contributed by atoms with van der Waals surface area (Å²) in [4.78, 5) is 35.2. The highest BCUT2D eigenvalue weighted by molar-refractivity contribution is 6.04. The highest BCUT2D eigenvalue weighted by Gasteiger charge is 2.20. The Morgan fingerprint density at radius 1 is 0.763 bits per heavy atom. The quantitative estimate of drug-likeness (QED) is 0.343. The maximum Gasteiger partial charge on any atom is 0.255 e. The summed E-state index contributed by atoms with van der Waals surface area (Å²) >= 11 is 0. The third-order valence-electron chi connectivity index (χ3n) is 6.63. The van der Waals surface area contributed by atoms with Crippen molar-refractivity contribution in [1.29, 1.82) is 0 Å². The predicted octanol–water partition coefficient (Wildman–Crippen LogP) is 4.25. The van der Waals surface area contributed by atoms with Crippen LogP contribution in [0.3, 0.4) is 0 Å². The predicted molar refractivity (Wildman–Crippen MR) is 150 cm³/mol. The molecule has 2 aromatic heterocycles. The van der Waals surface area contributed by atoms with Crippen LogP contribution in [-0.2, 0) is 0 Å². The first-order valence-electron chi connectivity index (χ1n) is 12.4. The number of carbonyl (C=O) groups is 1. The Hall–Kier alpha value is -5.05. The number of amides is 1. The van der Waals surface area contributed by atoms with E-state index in [9.17, 15) is 4.79 Å². The first-order valence-corrected chi connectivity index (χ1v) is 12.4. The van der Waals surface area contributed by atoms with Gasteiger partial charge < -0.3 is 20.9 Å². The molecule has 38 heavy (non-hydrogen) atoms. The van der Waals surface area contributed by atoms with Gasteiger partial charge in [-0.2, -0.15) is 0 Å². The van der Waals surface area contributed by atoms with Gasteiger partial charge in [-0.15, -0.1) is 0 Å². The maximum absolute atomic E-state index is 12.5. The third-order valence-corrected chi connectivity index (χ3v) is 6.63. The zero-order valence-electron chi connectivity index (χ0n) is 20.7. The molecule has 6 rings (SSSR count). The summed E-state index contributed by atoms with van der Waals surface area (Å²) < 4.78 is 0. The molecule has 0 bridgehead atoms. The van der Waals surface area contributed by atoms with E-state index < -0.39 is 0 Å². The monoisotopic (exact) mass is 502 g/mol. The van der Waals surface area contributed by atoms with E-state index in [4.69, 9.17) is 10.7 Å². The fraction of sp³-hybridized carbons (Fsp3) is 0.138. The van der Waals surface area contributed by atoms with Crippen LogP contribution in [0.2, 0.25) is 0 Å². The molecule has 0 radical (unpaired) electrons. The molecule has 1 saturated heterocycles. The molecule has 0 atom stereocenters. The lowest BCUT2D eigenvalue weighted by molar-refractivity contribution is 0.102.